The highest BCUT2D eigenvalue weighted by Gasteiger charge is 2.20. The third kappa shape index (κ3) is 4.97. The second kappa shape index (κ2) is 6.40. The normalized spacial score (nSPS) is 11.8. The third-order valence-corrected chi connectivity index (χ3v) is 4.13. The fourth-order valence-electron chi connectivity index (χ4n) is 1.50. The van der Waals surface area contributed by atoms with Crippen LogP contribution in [0.2, 0.25) is 0 Å². The number of hydrogen-bond donors (Lipinski definition) is 2. The van der Waals surface area contributed by atoms with Gasteiger partial charge in [0.2, 0.25) is 10.0 Å². The molecule has 1 aromatic carbocycles. The molecule has 0 unspecified atom stereocenters. The molecule has 0 aromatic heterocycles. The average Bonchev–Trinajstić information content (AvgIpc) is 2.34. The van der Waals surface area contributed by atoms with Crippen molar-refractivity contribution in [1.29, 1.82) is 0 Å². The Hall–Kier alpha value is -1.35. The quantitative estimate of drug-likeness (QED) is 0.834. The molecule has 1 rings (SSSR count). The Kier molecular flexibility index (Phi) is 5.35. The minimum atomic E-state index is -3.55. The van der Waals surface area contributed by atoms with Crippen molar-refractivity contribution in [2.75, 3.05) is 13.2 Å². The molecule has 0 fully saturated rings. The molecule has 0 aliphatic rings. The van der Waals surface area contributed by atoms with Gasteiger partial charge in [-0.15, -0.1) is 0 Å². The number of nitrogens with one attached hydrogen (secondary N) is 1. The van der Waals surface area contributed by atoms with E-state index in [4.69, 9.17) is 5.11 Å². The Balaban J connectivity index is 3.11. The minimum Gasteiger partial charge on any atom is -0.384 e. The van der Waals surface area contributed by atoms with Crippen molar-refractivity contribution in [3.63, 3.8) is 0 Å². The number of aliphatic hydroxyl groups excluding tert-OH is 1. The molecular formula is C15H21NO3S. The van der Waals surface area contributed by atoms with Gasteiger partial charge in [-0.05, 0) is 30.0 Å². The highest BCUT2D eigenvalue weighted by molar-refractivity contribution is 7.89. The Morgan fingerprint density at radius 2 is 1.95 bits per heavy atom. The summed E-state index contributed by atoms with van der Waals surface area (Å²) in [4.78, 5) is 0.228. The number of hydrogen-bond acceptors (Lipinski definition) is 3. The summed E-state index contributed by atoms with van der Waals surface area (Å²) in [6, 6.07) is 4.98. The maximum absolute atomic E-state index is 12.3. The van der Waals surface area contributed by atoms with E-state index in [-0.39, 0.29) is 16.9 Å². The van der Waals surface area contributed by atoms with Crippen molar-refractivity contribution in [1.82, 2.24) is 4.72 Å². The number of benzene rings is 1. The second-order valence-electron chi connectivity index (χ2n) is 5.83. The Morgan fingerprint density at radius 1 is 1.30 bits per heavy atom. The Labute approximate surface area is 121 Å². The van der Waals surface area contributed by atoms with Gasteiger partial charge in [-0.2, -0.15) is 0 Å². The highest BCUT2D eigenvalue weighted by Crippen LogP contribution is 2.18. The van der Waals surface area contributed by atoms with Crippen LogP contribution in [0.1, 0.15) is 31.9 Å². The van der Waals surface area contributed by atoms with E-state index in [9.17, 15) is 8.42 Å². The standard InChI is InChI=1S/C15H21NO3S/c1-12-7-8-13(6-5-9-17)10-14(12)20(18,19)16-11-15(2,3)4/h7-8,10,16-17H,9,11H2,1-4H3. The molecule has 0 aliphatic carbocycles. The van der Waals surface area contributed by atoms with Gasteiger partial charge in [0.15, 0.2) is 0 Å². The van der Waals surface area contributed by atoms with Crippen LogP contribution < -0.4 is 4.72 Å². The van der Waals surface area contributed by atoms with Gasteiger partial charge in [-0.3, -0.25) is 0 Å². The lowest BCUT2D eigenvalue weighted by Crippen LogP contribution is -2.32. The van der Waals surface area contributed by atoms with Crippen LogP contribution in [0.5, 0.6) is 0 Å². The molecule has 4 nitrogen and oxygen atoms in total. The summed E-state index contributed by atoms with van der Waals surface area (Å²) in [5, 5.41) is 8.68. The lowest BCUT2D eigenvalue weighted by atomic mass is 9.98. The second-order valence-corrected chi connectivity index (χ2v) is 7.56. The molecule has 2 N–H and O–H groups in total. The molecule has 0 heterocycles. The van der Waals surface area contributed by atoms with Crippen LogP contribution in [0.15, 0.2) is 23.1 Å². The smallest absolute Gasteiger partial charge is 0.240 e. The molecule has 1 aromatic rings. The zero-order valence-electron chi connectivity index (χ0n) is 12.3. The molecule has 110 valence electrons. The molecule has 5 heteroatoms. The van der Waals surface area contributed by atoms with Gasteiger partial charge in [-0.25, -0.2) is 13.1 Å². The van der Waals surface area contributed by atoms with Gasteiger partial charge in [0.05, 0.1) is 4.90 Å². The fraction of sp³-hybridized carbons (Fsp3) is 0.467. The lowest BCUT2D eigenvalue weighted by Gasteiger charge is -2.19. The van der Waals surface area contributed by atoms with E-state index < -0.39 is 10.0 Å². The predicted molar refractivity (Wildman–Crippen MR) is 79.8 cm³/mol. The van der Waals surface area contributed by atoms with Crippen LogP contribution >= 0.6 is 0 Å². The molecule has 0 bridgehead atoms. The first-order chi connectivity index (χ1) is 9.15. The number of rotatable bonds is 3. The van der Waals surface area contributed by atoms with Crippen molar-refractivity contribution >= 4 is 10.0 Å². The zero-order chi connectivity index (χ0) is 15.4. The average molecular weight is 295 g/mol. The van der Waals surface area contributed by atoms with Gasteiger partial charge < -0.3 is 5.11 Å². The SMILES string of the molecule is Cc1ccc(C#CCO)cc1S(=O)(=O)NCC(C)(C)C. The summed E-state index contributed by atoms with van der Waals surface area (Å²) in [5.74, 6) is 5.22. The third-order valence-electron chi connectivity index (χ3n) is 2.58. The van der Waals surface area contributed by atoms with Gasteiger partial charge >= 0.3 is 0 Å². The van der Waals surface area contributed by atoms with E-state index in [0.717, 1.165) is 0 Å². The van der Waals surface area contributed by atoms with Crippen LogP contribution in [0, 0.1) is 24.2 Å². The first kappa shape index (κ1) is 16.7. The summed E-state index contributed by atoms with van der Waals surface area (Å²) in [6.45, 7) is 7.75. The van der Waals surface area contributed by atoms with Crippen LogP contribution in [-0.4, -0.2) is 26.7 Å². The van der Waals surface area contributed by atoms with Crippen molar-refractivity contribution < 1.29 is 13.5 Å². The van der Waals surface area contributed by atoms with Crippen molar-refractivity contribution in [3.8, 4) is 11.8 Å². The summed E-state index contributed by atoms with van der Waals surface area (Å²) >= 11 is 0. The Bertz CT molecular complexity index is 631. The van der Waals surface area contributed by atoms with Crippen molar-refractivity contribution in [2.24, 2.45) is 5.41 Å². The van der Waals surface area contributed by atoms with E-state index in [0.29, 0.717) is 17.7 Å². The first-order valence-electron chi connectivity index (χ1n) is 6.36. The molecule has 0 radical (unpaired) electrons. The zero-order valence-corrected chi connectivity index (χ0v) is 13.1. The number of aliphatic hydroxyl groups is 1. The highest BCUT2D eigenvalue weighted by atomic mass is 32.2. The maximum Gasteiger partial charge on any atom is 0.240 e. The van der Waals surface area contributed by atoms with E-state index in [1.54, 1.807) is 19.1 Å². The fourth-order valence-corrected chi connectivity index (χ4v) is 3.05. The topological polar surface area (TPSA) is 66.4 Å². The van der Waals surface area contributed by atoms with E-state index in [2.05, 4.69) is 16.6 Å². The molecule has 0 spiro atoms. The molecular weight excluding hydrogens is 274 g/mol. The van der Waals surface area contributed by atoms with E-state index in [1.165, 1.54) is 6.07 Å². The van der Waals surface area contributed by atoms with E-state index in [1.807, 2.05) is 20.8 Å². The van der Waals surface area contributed by atoms with Gasteiger partial charge in [0, 0.05) is 12.1 Å². The number of aryl methyl sites for hydroxylation is 1. The van der Waals surface area contributed by atoms with Crippen LogP contribution in [0.3, 0.4) is 0 Å². The monoisotopic (exact) mass is 295 g/mol. The number of sulfonamides is 1. The lowest BCUT2D eigenvalue weighted by molar-refractivity contribution is 0.350. The van der Waals surface area contributed by atoms with Gasteiger partial charge in [-0.1, -0.05) is 38.7 Å². The predicted octanol–water partition coefficient (Wildman–Crippen LogP) is 1.66. The van der Waals surface area contributed by atoms with Crippen LogP contribution in [-0.2, 0) is 10.0 Å². The molecule has 0 saturated heterocycles. The van der Waals surface area contributed by atoms with Gasteiger partial charge in [0.25, 0.3) is 0 Å². The van der Waals surface area contributed by atoms with Crippen molar-refractivity contribution in [2.45, 2.75) is 32.6 Å². The molecule has 0 amide bonds. The molecule has 0 saturated carbocycles. The van der Waals surface area contributed by atoms with Gasteiger partial charge in [0.1, 0.15) is 6.61 Å². The first-order valence-corrected chi connectivity index (χ1v) is 7.84. The van der Waals surface area contributed by atoms with Crippen LogP contribution in [0.4, 0.5) is 0 Å². The summed E-state index contributed by atoms with van der Waals surface area (Å²) in [7, 11) is -3.55. The van der Waals surface area contributed by atoms with Crippen molar-refractivity contribution in [3.05, 3.63) is 29.3 Å². The van der Waals surface area contributed by atoms with E-state index >= 15 is 0 Å². The summed E-state index contributed by atoms with van der Waals surface area (Å²) in [6.07, 6.45) is 0. The largest absolute Gasteiger partial charge is 0.384 e. The molecule has 20 heavy (non-hydrogen) atoms. The summed E-state index contributed by atoms with van der Waals surface area (Å²) < 4.78 is 27.2. The molecule has 0 aliphatic heterocycles. The summed E-state index contributed by atoms with van der Waals surface area (Å²) in [5.41, 5.74) is 1.11. The Morgan fingerprint density at radius 3 is 2.50 bits per heavy atom. The maximum atomic E-state index is 12.3. The minimum absolute atomic E-state index is 0.130. The van der Waals surface area contributed by atoms with Crippen LogP contribution in [0.25, 0.3) is 0 Å². The molecule has 0 atom stereocenters.